The topological polar surface area (TPSA) is 58.1 Å². The first kappa shape index (κ1) is 16.9. The minimum absolute atomic E-state index is 0.0317. The summed E-state index contributed by atoms with van der Waals surface area (Å²) in [5.41, 5.74) is 0.949. The zero-order valence-corrected chi connectivity index (χ0v) is 14.6. The van der Waals surface area contributed by atoms with E-state index in [0.717, 1.165) is 44.5 Å². The van der Waals surface area contributed by atoms with E-state index >= 15 is 0 Å². The Bertz CT molecular complexity index is 761. The lowest BCUT2D eigenvalue weighted by Gasteiger charge is -2.32. The molecule has 4 rings (SSSR count). The van der Waals surface area contributed by atoms with Crippen molar-refractivity contribution in [3.63, 3.8) is 0 Å². The summed E-state index contributed by atoms with van der Waals surface area (Å²) < 4.78 is 13.4. The van der Waals surface area contributed by atoms with Crippen molar-refractivity contribution in [2.45, 2.75) is 25.2 Å². The number of nitrogens with zero attached hydrogens (tertiary/aromatic N) is 3. The molecule has 1 saturated carbocycles. The van der Waals surface area contributed by atoms with E-state index in [9.17, 15) is 9.18 Å². The minimum Gasteiger partial charge on any atom is -0.354 e. The van der Waals surface area contributed by atoms with E-state index in [1.165, 1.54) is 6.07 Å². The van der Waals surface area contributed by atoms with Crippen molar-refractivity contribution in [3.05, 3.63) is 54.1 Å². The lowest BCUT2D eigenvalue weighted by Crippen LogP contribution is -2.40. The molecule has 2 aromatic rings. The third-order valence-electron chi connectivity index (χ3n) is 5.43. The van der Waals surface area contributed by atoms with Crippen LogP contribution in [0.1, 0.15) is 30.7 Å². The van der Waals surface area contributed by atoms with Gasteiger partial charge in [-0.25, -0.2) is 14.4 Å². The molecule has 1 aliphatic carbocycles. The van der Waals surface area contributed by atoms with Gasteiger partial charge in [-0.2, -0.15) is 0 Å². The van der Waals surface area contributed by atoms with E-state index in [-0.39, 0.29) is 23.6 Å². The van der Waals surface area contributed by atoms with E-state index < -0.39 is 0 Å². The maximum absolute atomic E-state index is 13.4. The average molecular weight is 354 g/mol. The fourth-order valence-corrected chi connectivity index (χ4v) is 3.79. The van der Waals surface area contributed by atoms with Gasteiger partial charge < -0.3 is 10.2 Å². The highest BCUT2D eigenvalue weighted by Crippen LogP contribution is 2.48. The fourth-order valence-electron chi connectivity index (χ4n) is 3.79. The Morgan fingerprint density at radius 3 is 2.69 bits per heavy atom. The van der Waals surface area contributed by atoms with Gasteiger partial charge in [0.15, 0.2) is 0 Å². The zero-order valence-electron chi connectivity index (χ0n) is 14.6. The quantitative estimate of drug-likeness (QED) is 0.897. The Kier molecular flexibility index (Phi) is 4.82. The van der Waals surface area contributed by atoms with Crippen molar-refractivity contribution in [2.75, 3.05) is 25.0 Å². The molecular weight excluding hydrogens is 331 g/mol. The number of anilines is 1. The normalized spacial score (nSPS) is 22.9. The van der Waals surface area contributed by atoms with Crippen LogP contribution < -0.4 is 5.32 Å². The molecule has 2 aliphatic rings. The van der Waals surface area contributed by atoms with Crippen LogP contribution in [-0.4, -0.2) is 40.4 Å². The van der Waals surface area contributed by atoms with Crippen LogP contribution >= 0.6 is 0 Å². The molecule has 1 N–H and O–H groups in total. The Balaban J connectivity index is 1.24. The molecule has 0 bridgehead atoms. The van der Waals surface area contributed by atoms with Crippen molar-refractivity contribution in [1.29, 1.82) is 0 Å². The molecule has 5 nitrogen and oxygen atoms in total. The molecule has 1 aromatic carbocycles. The lowest BCUT2D eigenvalue weighted by molar-refractivity contribution is -0.134. The Morgan fingerprint density at radius 2 is 1.96 bits per heavy atom. The first-order valence-corrected chi connectivity index (χ1v) is 9.26. The second kappa shape index (κ2) is 7.40. The number of piperidine rings is 1. The van der Waals surface area contributed by atoms with Crippen LogP contribution in [0, 0.1) is 17.7 Å². The van der Waals surface area contributed by atoms with E-state index in [0.29, 0.717) is 11.9 Å². The summed E-state index contributed by atoms with van der Waals surface area (Å²) in [6.45, 7) is 2.43. The molecule has 6 heteroatoms. The monoisotopic (exact) mass is 354 g/mol. The average Bonchev–Trinajstić information content (AvgIpc) is 3.48. The van der Waals surface area contributed by atoms with Gasteiger partial charge in [-0.15, -0.1) is 0 Å². The molecule has 1 aliphatic heterocycles. The van der Waals surface area contributed by atoms with Crippen LogP contribution in [0.2, 0.25) is 0 Å². The smallest absolute Gasteiger partial charge is 0.226 e. The number of likely N-dealkylation sites (tertiary alicyclic amines) is 1. The van der Waals surface area contributed by atoms with E-state index in [4.69, 9.17) is 0 Å². The van der Waals surface area contributed by atoms with Crippen molar-refractivity contribution >= 4 is 11.9 Å². The molecular formula is C20H23FN4O. The standard InChI is InChI=1S/C20H23FN4O/c21-16-4-1-3-15(11-16)17-12-18(17)19(26)25-9-5-14(6-10-25)13-24-20-22-7-2-8-23-20/h1-4,7-8,11,14,17-18H,5-6,9-10,12-13H2,(H,22,23,24). The summed E-state index contributed by atoms with van der Waals surface area (Å²) in [5.74, 6) is 1.41. The number of benzene rings is 1. The molecule has 2 unspecified atom stereocenters. The summed E-state index contributed by atoms with van der Waals surface area (Å²) in [5, 5.41) is 3.27. The van der Waals surface area contributed by atoms with Gasteiger partial charge in [0.25, 0.3) is 0 Å². The molecule has 0 spiro atoms. The number of nitrogens with one attached hydrogen (secondary N) is 1. The lowest BCUT2D eigenvalue weighted by atomic mass is 9.96. The highest BCUT2D eigenvalue weighted by atomic mass is 19.1. The number of carbonyl (C=O) groups is 1. The maximum atomic E-state index is 13.4. The second-order valence-electron chi connectivity index (χ2n) is 7.23. The van der Waals surface area contributed by atoms with Gasteiger partial charge in [-0.3, -0.25) is 4.79 Å². The molecule has 1 aromatic heterocycles. The van der Waals surface area contributed by atoms with E-state index in [1.807, 2.05) is 11.0 Å². The zero-order chi connectivity index (χ0) is 17.9. The number of hydrogen-bond donors (Lipinski definition) is 1. The van der Waals surface area contributed by atoms with Crippen molar-refractivity contribution in [3.8, 4) is 0 Å². The van der Waals surface area contributed by atoms with Crippen molar-refractivity contribution in [1.82, 2.24) is 14.9 Å². The van der Waals surface area contributed by atoms with Crippen LogP contribution in [0.5, 0.6) is 0 Å². The number of hydrogen-bond acceptors (Lipinski definition) is 4. The molecule has 2 fully saturated rings. The molecule has 26 heavy (non-hydrogen) atoms. The van der Waals surface area contributed by atoms with Gasteiger partial charge in [0.1, 0.15) is 5.82 Å². The van der Waals surface area contributed by atoms with Gasteiger partial charge in [-0.1, -0.05) is 12.1 Å². The Labute approximate surface area is 152 Å². The van der Waals surface area contributed by atoms with Gasteiger partial charge >= 0.3 is 0 Å². The van der Waals surface area contributed by atoms with E-state index in [2.05, 4.69) is 15.3 Å². The van der Waals surface area contributed by atoms with Gasteiger partial charge in [-0.05, 0) is 54.9 Å². The predicted octanol–water partition coefficient (Wildman–Crippen LogP) is 3.07. The largest absolute Gasteiger partial charge is 0.354 e. The summed E-state index contributed by atoms with van der Waals surface area (Å²) >= 11 is 0. The van der Waals surface area contributed by atoms with Crippen LogP contribution in [0.3, 0.4) is 0 Å². The second-order valence-corrected chi connectivity index (χ2v) is 7.23. The van der Waals surface area contributed by atoms with Crippen LogP contribution in [0.15, 0.2) is 42.7 Å². The SMILES string of the molecule is O=C(C1CC1c1cccc(F)c1)N1CCC(CNc2ncccn2)CC1. The minimum atomic E-state index is -0.226. The highest BCUT2D eigenvalue weighted by Gasteiger charge is 2.46. The Morgan fingerprint density at radius 1 is 1.19 bits per heavy atom. The third-order valence-corrected chi connectivity index (χ3v) is 5.43. The molecule has 136 valence electrons. The third kappa shape index (κ3) is 3.84. The molecule has 0 radical (unpaired) electrons. The van der Waals surface area contributed by atoms with Crippen LogP contribution in [0.4, 0.5) is 10.3 Å². The summed E-state index contributed by atoms with van der Waals surface area (Å²) in [6, 6.07) is 8.44. The van der Waals surface area contributed by atoms with Crippen molar-refractivity contribution in [2.24, 2.45) is 11.8 Å². The molecule has 2 atom stereocenters. The van der Waals surface area contributed by atoms with E-state index in [1.54, 1.807) is 30.6 Å². The predicted molar refractivity (Wildman–Crippen MR) is 97.1 cm³/mol. The fraction of sp³-hybridized carbons (Fsp3) is 0.450. The maximum Gasteiger partial charge on any atom is 0.226 e. The number of carbonyl (C=O) groups excluding carboxylic acids is 1. The first-order chi connectivity index (χ1) is 12.7. The molecule has 2 heterocycles. The van der Waals surface area contributed by atoms with Crippen LogP contribution in [0.25, 0.3) is 0 Å². The highest BCUT2D eigenvalue weighted by molar-refractivity contribution is 5.83. The van der Waals surface area contributed by atoms with Gasteiger partial charge in [0.2, 0.25) is 11.9 Å². The summed E-state index contributed by atoms with van der Waals surface area (Å²) in [7, 11) is 0. The van der Waals surface area contributed by atoms with Crippen LogP contribution in [-0.2, 0) is 4.79 Å². The molecule has 1 saturated heterocycles. The summed E-state index contributed by atoms with van der Waals surface area (Å²) in [4.78, 5) is 23.0. The number of halogens is 1. The Hall–Kier alpha value is -2.50. The first-order valence-electron chi connectivity index (χ1n) is 9.26. The summed E-state index contributed by atoms with van der Waals surface area (Å²) in [6.07, 6.45) is 6.27. The van der Waals surface area contributed by atoms with Crippen molar-refractivity contribution < 1.29 is 9.18 Å². The van der Waals surface area contributed by atoms with Gasteiger partial charge in [0.05, 0.1) is 0 Å². The number of rotatable bonds is 5. The number of amides is 1. The number of aromatic nitrogens is 2. The van der Waals surface area contributed by atoms with Gasteiger partial charge in [0, 0.05) is 37.9 Å². The molecule has 1 amide bonds.